The summed E-state index contributed by atoms with van der Waals surface area (Å²) in [6, 6.07) is 7.59. The van der Waals surface area contributed by atoms with Gasteiger partial charge in [-0.2, -0.15) is 5.10 Å². The van der Waals surface area contributed by atoms with Crippen molar-refractivity contribution >= 4 is 12.1 Å². The van der Waals surface area contributed by atoms with Gasteiger partial charge in [-0.05, 0) is 31.2 Å². The first kappa shape index (κ1) is 20.4. The summed E-state index contributed by atoms with van der Waals surface area (Å²) in [5.74, 6) is 2.89. The molecule has 1 aliphatic heterocycles. The molecule has 3 rings (SSSR count). The molecule has 2 N–H and O–H groups in total. The molecule has 10 heteroatoms. The van der Waals surface area contributed by atoms with Crippen LogP contribution in [0.2, 0.25) is 0 Å². The highest BCUT2D eigenvalue weighted by Gasteiger charge is 2.23. The summed E-state index contributed by atoms with van der Waals surface area (Å²) < 4.78 is 10.2. The van der Waals surface area contributed by atoms with E-state index in [-0.39, 0.29) is 6.09 Å². The van der Waals surface area contributed by atoms with Crippen molar-refractivity contribution in [2.45, 2.75) is 13.5 Å². The van der Waals surface area contributed by atoms with E-state index in [0.717, 1.165) is 17.3 Å². The maximum Gasteiger partial charge on any atom is 0.409 e. The van der Waals surface area contributed by atoms with Crippen LogP contribution in [0, 0.1) is 0 Å². The second kappa shape index (κ2) is 9.76. The van der Waals surface area contributed by atoms with Crippen LogP contribution < -0.4 is 10.1 Å². The molecule has 0 unspecified atom stereocenters. The van der Waals surface area contributed by atoms with E-state index in [1.807, 2.05) is 31.2 Å². The van der Waals surface area contributed by atoms with Gasteiger partial charge in [0.25, 0.3) is 0 Å². The summed E-state index contributed by atoms with van der Waals surface area (Å²) >= 11 is 0. The Morgan fingerprint density at radius 3 is 2.52 bits per heavy atom. The number of nitrogens with zero attached hydrogens (tertiary/aromatic N) is 5. The van der Waals surface area contributed by atoms with Crippen molar-refractivity contribution in [3.05, 3.63) is 30.1 Å². The first-order valence-corrected chi connectivity index (χ1v) is 9.57. The lowest BCUT2D eigenvalue weighted by Crippen LogP contribution is -2.53. The number of benzene rings is 1. The number of rotatable bonds is 5. The number of piperazine rings is 1. The Labute approximate surface area is 169 Å². The largest absolute Gasteiger partial charge is 0.497 e. The van der Waals surface area contributed by atoms with Gasteiger partial charge in [-0.3, -0.25) is 10.1 Å². The molecule has 1 amide bonds. The molecule has 10 nitrogen and oxygen atoms in total. The predicted octanol–water partition coefficient (Wildman–Crippen LogP) is 1.33. The standard InChI is InChI=1S/C19H27N7O3/c1-4-29-19(27)26-11-9-25(10-12-26)18(20-2)21-13-16-22-17(24-23-16)14-5-7-15(28-3)8-6-14/h5-8H,4,9-13H2,1-3H3,(H,20,21)(H,22,23,24). The van der Waals surface area contributed by atoms with Gasteiger partial charge in [-0.25, -0.2) is 9.78 Å². The highest BCUT2D eigenvalue weighted by molar-refractivity contribution is 5.80. The number of aliphatic imine (C=N–C) groups is 1. The number of carbonyl (C=O) groups is 1. The number of aromatic nitrogens is 3. The number of hydrogen-bond acceptors (Lipinski definition) is 6. The minimum Gasteiger partial charge on any atom is -0.497 e. The van der Waals surface area contributed by atoms with Crippen LogP contribution >= 0.6 is 0 Å². The van der Waals surface area contributed by atoms with Gasteiger partial charge in [-0.1, -0.05) is 0 Å². The smallest absolute Gasteiger partial charge is 0.409 e. The van der Waals surface area contributed by atoms with Gasteiger partial charge in [0.1, 0.15) is 11.6 Å². The van der Waals surface area contributed by atoms with Gasteiger partial charge in [0, 0.05) is 38.8 Å². The maximum absolute atomic E-state index is 11.8. The zero-order chi connectivity index (χ0) is 20.6. The van der Waals surface area contributed by atoms with Gasteiger partial charge in [0.2, 0.25) is 0 Å². The van der Waals surface area contributed by atoms with Crippen molar-refractivity contribution in [2.75, 3.05) is 46.9 Å². The van der Waals surface area contributed by atoms with Crippen molar-refractivity contribution in [1.29, 1.82) is 0 Å². The van der Waals surface area contributed by atoms with Crippen LogP contribution in [0.4, 0.5) is 4.79 Å². The average molecular weight is 401 g/mol. The minimum atomic E-state index is -0.261. The molecule has 156 valence electrons. The number of hydrogen-bond donors (Lipinski definition) is 2. The van der Waals surface area contributed by atoms with Crippen LogP contribution in [0.15, 0.2) is 29.3 Å². The fourth-order valence-corrected chi connectivity index (χ4v) is 3.05. The Balaban J connectivity index is 1.52. The van der Waals surface area contributed by atoms with Gasteiger partial charge in [0.05, 0.1) is 20.3 Å². The summed E-state index contributed by atoms with van der Waals surface area (Å²) in [5, 5.41) is 10.5. The first-order chi connectivity index (χ1) is 14.1. The SMILES string of the molecule is CCOC(=O)N1CCN(C(=NC)NCc2nc(-c3ccc(OC)cc3)n[nH]2)CC1. The van der Waals surface area contributed by atoms with Gasteiger partial charge >= 0.3 is 6.09 Å². The Morgan fingerprint density at radius 2 is 1.90 bits per heavy atom. The van der Waals surface area contributed by atoms with Crippen molar-refractivity contribution in [2.24, 2.45) is 4.99 Å². The van der Waals surface area contributed by atoms with Crippen molar-refractivity contribution in [3.63, 3.8) is 0 Å². The minimum absolute atomic E-state index is 0.261. The summed E-state index contributed by atoms with van der Waals surface area (Å²) in [4.78, 5) is 24.5. The Morgan fingerprint density at radius 1 is 1.21 bits per heavy atom. The van der Waals surface area contributed by atoms with E-state index in [0.29, 0.717) is 51.0 Å². The molecule has 0 aliphatic carbocycles. The summed E-state index contributed by atoms with van der Waals surface area (Å²) in [7, 11) is 3.37. The van der Waals surface area contributed by atoms with Crippen LogP contribution in [0.3, 0.4) is 0 Å². The number of ether oxygens (including phenoxy) is 2. The van der Waals surface area contributed by atoms with Crippen LogP contribution in [0.5, 0.6) is 5.75 Å². The van der Waals surface area contributed by atoms with Crippen LogP contribution in [-0.4, -0.2) is 84.0 Å². The lowest BCUT2D eigenvalue weighted by atomic mass is 10.2. The molecular weight excluding hydrogens is 374 g/mol. The summed E-state index contributed by atoms with van der Waals surface area (Å²) in [6.07, 6.45) is -0.261. The third kappa shape index (κ3) is 5.15. The average Bonchev–Trinajstić information content (AvgIpc) is 3.24. The molecule has 29 heavy (non-hydrogen) atoms. The van der Waals surface area contributed by atoms with Gasteiger partial charge in [-0.15, -0.1) is 0 Å². The molecule has 1 aliphatic rings. The van der Waals surface area contributed by atoms with Crippen molar-refractivity contribution < 1.29 is 14.3 Å². The quantitative estimate of drug-likeness (QED) is 0.575. The van der Waals surface area contributed by atoms with Gasteiger partial charge in [0.15, 0.2) is 11.8 Å². The Bertz CT molecular complexity index is 827. The molecule has 2 heterocycles. The summed E-state index contributed by atoms with van der Waals surface area (Å²) in [5.41, 5.74) is 0.910. The van der Waals surface area contributed by atoms with Crippen molar-refractivity contribution in [3.8, 4) is 17.1 Å². The summed E-state index contributed by atoms with van der Waals surface area (Å²) in [6.45, 7) is 5.24. The second-order valence-electron chi connectivity index (χ2n) is 6.41. The number of H-pyrrole nitrogens is 1. The number of methoxy groups -OCH3 is 1. The molecule has 0 spiro atoms. The van der Waals surface area contributed by atoms with Crippen LogP contribution in [0.1, 0.15) is 12.7 Å². The van der Waals surface area contributed by atoms with Crippen LogP contribution in [-0.2, 0) is 11.3 Å². The first-order valence-electron chi connectivity index (χ1n) is 9.57. The third-order valence-corrected chi connectivity index (χ3v) is 4.61. The van der Waals surface area contributed by atoms with Gasteiger partial charge < -0.3 is 24.6 Å². The lowest BCUT2D eigenvalue weighted by Gasteiger charge is -2.35. The maximum atomic E-state index is 11.8. The molecule has 0 radical (unpaired) electrons. The number of aromatic amines is 1. The second-order valence-corrected chi connectivity index (χ2v) is 6.41. The molecule has 2 aromatic rings. The highest BCUT2D eigenvalue weighted by Crippen LogP contribution is 2.18. The normalized spacial score (nSPS) is 14.7. The molecule has 0 saturated carbocycles. The molecule has 0 bridgehead atoms. The highest BCUT2D eigenvalue weighted by atomic mass is 16.6. The van der Waals surface area contributed by atoms with E-state index >= 15 is 0 Å². The molecule has 1 saturated heterocycles. The Hall–Kier alpha value is -3.30. The van der Waals surface area contributed by atoms with E-state index in [1.54, 1.807) is 19.1 Å². The van der Waals surface area contributed by atoms with E-state index in [2.05, 4.69) is 30.4 Å². The molecule has 0 atom stereocenters. The number of guanidine groups is 1. The Kier molecular flexibility index (Phi) is 6.88. The molecule has 1 aromatic heterocycles. The fraction of sp³-hybridized carbons (Fsp3) is 0.474. The van der Waals surface area contributed by atoms with E-state index in [4.69, 9.17) is 9.47 Å². The number of amides is 1. The van der Waals surface area contributed by atoms with E-state index in [1.165, 1.54) is 0 Å². The lowest BCUT2D eigenvalue weighted by molar-refractivity contribution is 0.0914. The number of carbonyl (C=O) groups excluding carboxylic acids is 1. The third-order valence-electron chi connectivity index (χ3n) is 4.61. The monoisotopic (exact) mass is 401 g/mol. The van der Waals surface area contributed by atoms with E-state index in [9.17, 15) is 4.79 Å². The number of nitrogens with one attached hydrogen (secondary N) is 2. The van der Waals surface area contributed by atoms with Crippen molar-refractivity contribution in [1.82, 2.24) is 30.3 Å². The zero-order valence-corrected chi connectivity index (χ0v) is 17.0. The van der Waals surface area contributed by atoms with E-state index < -0.39 is 0 Å². The topological polar surface area (TPSA) is 108 Å². The predicted molar refractivity (Wildman–Crippen MR) is 109 cm³/mol. The molecular formula is C19H27N7O3. The molecule has 1 fully saturated rings. The fourth-order valence-electron chi connectivity index (χ4n) is 3.05. The zero-order valence-electron chi connectivity index (χ0n) is 17.0. The molecule has 1 aromatic carbocycles. The van der Waals surface area contributed by atoms with Crippen LogP contribution in [0.25, 0.3) is 11.4 Å².